The lowest BCUT2D eigenvalue weighted by atomic mass is 10.1. The van der Waals surface area contributed by atoms with Crippen LogP contribution in [0, 0.1) is 6.92 Å². The van der Waals surface area contributed by atoms with E-state index in [0.717, 1.165) is 11.1 Å². The van der Waals surface area contributed by atoms with E-state index in [-0.39, 0.29) is 5.56 Å². The fraction of sp³-hybridized carbons (Fsp3) is 0.133. The first-order valence-corrected chi connectivity index (χ1v) is 5.87. The molecular weight excluding hydrogens is 242 g/mol. The number of aryl methyl sites for hydroxylation is 1. The van der Waals surface area contributed by atoms with Gasteiger partial charge in [-0.05, 0) is 36.2 Å². The van der Waals surface area contributed by atoms with E-state index in [0.29, 0.717) is 18.0 Å². The van der Waals surface area contributed by atoms with Crippen molar-refractivity contribution < 1.29 is 14.6 Å². The van der Waals surface area contributed by atoms with E-state index < -0.39 is 5.97 Å². The fourth-order valence-corrected chi connectivity index (χ4v) is 1.67. The molecule has 0 saturated carbocycles. The first-order chi connectivity index (χ1) is 9.06. The average Bonchev–Trinajstić information content (AvgIpc) is 2.40. The number of rotatable bonds is 4. The van der Waals surface area contributed by atoms with Crippen LogP contribution in [0.3, 0.4) is 0 Å². The summed E-state index contributed by atoms with van der Waals surface area (Å²) in [5, 5.41) is 8.90. The number of hydrogen-bond donors (Lipinski definition) is 2. The maximum atomic E-state index is 10.9. The normalized spacial score (nSPS) is 10.2. The minimum absolute atomic E-state index is 0.254. The zero-order valence-electron chi connectivity index (χ0n) is 10.6. The van der Waals surface area contributed by atoms with E-state index >= 15 is 0 Å². The van der Waals surface area contributed by atoms with Gasteiger partial charge in [0.15, 0.2) is 0 Å². The van der Waals surface area contributed by atoms with E-state index in [1.807, 2.05) is 25.1 Å². The molecule has 0 atom stereocenters. The van der Waals surface area contributed by atoms with Crippen LogP contribution in [0.5, 0.6) is 5.75 Å². The molecule has 0 bridgehead atoms. The third kappa shape index (κ3) is 3.25. The molecule has 0 aliphatic rings. The van der Waals surface area contributed by atoms with Crippen LogP contribution in [-0.2, 0) is 6.61 Å². The zero-order valence-corrected chi connectivity index (χ0v) is 10.6. The summed E-state index contributed by atoms with van der Waals surface area (Å²) >= 11 is 0. The summed E-state index contributed by atoms with van der Waals surface area (Å²) in [5.74, 6) is -0.273. The molecule has 19 heavy (non-hydrogen) atoms. The number of anilines is 1. The number of aromatic carboxylic acids is 1. The molecule has 0 unspecified atom stereocenters. The van der Waals surface area contributed by atoms with E-state index in [1.165, 1.54) is 0 Å². The van der Waals surface area contributed by atoms with Crippen LogP contribution in [0.15, 0.2) is 42.5 Å². The van der Waals surface area contributed by atoms with Gasteiger partial charge in [-0.15, -0.1) is 0 Å². The molecule has 98 valence electrons. The van der Waals surface area contributed by atoms with Crippen molar-refractivity contribution in [1.82, 2.24) is 0 Å². The third-order valence-electron chi connectivity index (χ3n) is 2.83. The van der Waals surface area contributed by atoms with Gasteiger partial charge < -0.3 is 15.6 Å². The molecule has 0 fully saturated rings. The summed E-state index contributed by atoms with van der Waals surface area (Å²) in [6, 6.07) is 12.2. The Hall–Kier alpha value is -2.49. The monoisotopic (exact) mass is 257 g/mol. The average molecular weight is 257 g/mol. The van der Waals surface area contributed by atoms with Crippen molar-refractivity contribution in [3.05, 3.63) is 59.2 Å². The number of nitrogen functional groups attached to an aromatic ring is 1. The highest BCUT2D eigenvalue weighted by atomic mass is 16.5. The molecule has 0 aromatic heterocycles. The van der Waals surface area contributed by atoms with Crippen molar-refractivity contribution in [2.24, 2.45) is 0 Å². The van der Waals surface area contributed by atoms with Gasteiger partial charge in [0, 0.05) is 11.8 Å². The number of carboxylic acid groups (broad SMARTS) is 1. The number of carboxylic acids is 1. The Bertz CT molecular complexity index is 608. The Morgan fingerprint density at radius 1 is 1.26 bits per heavy atom. The van der Waals surface area contributed by atoms with Crippen LogP contribution in [0.1, 0.15) is 21.5 Å². The Morgan fingerprint density at radius 3 is 2.74 bits per heavy atom. The second-order valence-corrected chi connectivity index (χ2v) is 4.31. The van der Waals surface area contributed by atoms with Crippen LogP contribution in [-0.4, -0.2) is 11.1 Å². The molecule has 3 N–H and O–H groups in total. The molecule has 0 spiro atoms. The molecule has 0 amide bonds. The van der Waals surface area contributed by atoms with E-state index in [9.17, 15) is 4.79 Å². The van der Waals surface area contributed by atoms with Crippen molar-refractivity contribution in [3.8, 4) is 5.75 Å². The lowest BCUT2D eigenvalue weighted by Crippen LogP contribution is -2.00. The lowest BCUT2D eigenvalue weighted by Gasteiger charge is -2.08. The first-order valence-electron chi connectivity index (χ1n) is 5.87. The van der Waals surface area contributed by atoms with Gasteiger partial charge in [-0.2, -0.15) is 0 Å². The number of hydrogen-bond acceptors (Lipinski definition) is 3. The minimum atomic E-state index is -0.943. The number of carbonyl (C=O) groups is 1. The van der Waals surface area contributed by atoms with E-state index in [4.69, 9.17) is 15.6 Å². The predicted octanol–water partition coefficient (Wildman–Crippen LogP) is 2.85. The largest absolute Gasteiger partial charge is 0.489 e. The molecule has 2 rings (SSSR count). The highest BCUT2D eigenvalue weighted by Crippen LogP contribution is 2.20. The van der Waals surface area contributed by atoms with Gasteiger partial charge in [-0.1, -0.05) is 18.2 Å². The maximum absolute atomic E-state index is 10.9. The number of benzene rings is 2. The van der Waals surface area contributed by atoms with Gasteiger partial charge in [-0.25, -0.2) is 4.79 Å². The summed E-state index contributed by atoms with van der Waals surface area (Å²) in [7, 11) is 0. The highest BCUT2D eigenvalue weighted by Gasteiger charge is 2.04. The Morgan fingerprint density at radius 2 is 2.05 bits per heavy atom. The van der Waals surface area contributed by atoms with Crippen LogP contribution in [0.2, 0.25) is 0 Å². The standard InChI is InChI=1S/C15H15NO3/c1-10-5-6-13(8-14(10)16)19-9-11-3-2-4-12(7-11)15(17)18/h2-8H,9,16H2,1H3,(H,17,18). The predicted molar refractivity (Wildman–Crippen MR) is 73.3 cm³/mol. The Labute approximate surface area is 111 Å². The summed E-state index contributed by atoms with van der Waals surface area (Å²) in [5.41, 5.74) is 8.53. The molecule has 4 heteroatoms. The molecule has 0 heterocycles. The second-order valence-electron chi connectivity index (χ2n) is 4.31. The summed E-state index contributed by atoms with van der Waals surface area (Å²) in [6.07, 6.45) is 0. The van der Waals surface area contributed by atoms with Crippen LogP contribution >= 0.6 is 0 Å². The minimum Gasteiger partial charge on any atom is -0.489 e. The van der Waals surface area contributed by atoms with Crippen LogP contribution in [0.25, 0.3) is 0 Å². The SMILES string of the molecule is Cc1ccc(OCc2cccc(C(=O)O)c2)cc1N. The number of ether oxygens (including phenoxy) is 1. The van der Waals surface area contributed by atoms with Crippen LogP contribution in [0.4, 0.5) is 5.69 Å². The fourth-order valence-electron chi connectivity index (χ4n) is 1.67. The Balaban J connectivity index is 2.07. The molecule has 2 aromatic rings. The highest BCUT2D eigenvalue weighted by molar-refractivity contribution is 5.87. The van der Waals surface area contributed by atoms with Crippen molar-refractivity contribution in [3.63, 3.8) is 0 Å². The molecule has 0 radical (unpaired) electrons. The molecule has 0 aliphatic carbocycles. The number of nitrogens with two attached hydrogens (primary N) is 1. The lowest BCUT2D eigenvalue weighted by molar-refractivity contribution is 0.0696. The quantitative estimate of drug-likeness (QED) is 0.826. The van der Waals surface area contributed by atoms with Crippen molar-refractivity contribution in [1.29, 1.82) is 0 Å². The zero-order chi connectivity index (χ0) is 13.8. The van der Waals surface area contributed by atoms with Gasteiger partial charge >= 0.3 is 5.97 Å². The molecule has 4 nitrogen and oxygen atoms in total. The summed E-state index contributed by atoms with van der Waals surface area (Å²) in [6.45, 7) is 2.24. The van der Waals surface area contributed by atoms with Crippen molar-refractivity contribution in [2.45, 2.75) is 13.5 Å². The molecule has 2 aromatic carbocycles. The smallest absolute Gasteiger partial charge is 0.335 e. The molecule has 0 aliphatic heterocycles. The van der Waals surface area contributed by atoms with Gasteiger partial charge in [-0.3, -0.25) is 0 Å². The third-order valence-corrected chi connectivity index (χ3v) is 2.83. The second kappa shape index (κ2) is 5.44. The van der Waals surface area contributed by atoms with Crippen molar-refractivity contribution in [2.75, 3.05) is 5.73 Å². The Kier molecular flexibility index (Phi) is 3.71. The van der Waals surface area contributed by atoms with Crippen LogP contribution < -0.4 is 10.5 Å². The van der Waals surface area contributed by atoms with E-state index in [2.05, 4.69) is 0 Å². The first kappa shape index (κ1) is 13.0. The van der Waals surface area contributed by atoms with E-state index in [1.54, 1.807) is 24.3 Å². The van der Waals surface area contributed by atoms with Gasteiger partial charge in [0.25, 0.3) is 0 Å². The topological polar surface area (TPSA) is 72.5 Å². The van der Waals surface area contributed by atoms with Gasteiger partial charge in [0.1, 0.15) is 12.4 Å². The van der Waals surface area contributed by atoms with Gasteiger partial charge in [0.2, 0.25) is 0 Å². The molecule has 0 saturated heterocycles. The maximum Gasteiger partial charge on any atom is 0.335 e. The summed E-state index contributed by atoms with van der Waals surface area (Å²) < 4.78 is 5.59. The molecular formula is C15H15NO3. The van der Waals surface area contributed by atoms with Gasteiger partial charge in [0.05, 0.1) is 5.56 Å². The van der Waals surface area contributed by atoms with Crippen molar-refractivity contribution >= 4 is 11.7 Å². The summed E-state index contributed by atoms with van der Waals surface area (Å²) in [4.78, 5) is 10.9.